The lowest BCUT2D eigenvalue weighted by Crippen LogP contribution is -1.98. The van der Waals surface area contributed by atoms with Gasteiger partial charge in [-0.05, 0) is 46.3 Å². The summed E-state index contributed by atoms with van der Waals surface area (Å²) >= 11 is 6.90. The monoisotopic (exact) mass is 329 g/mol. The van der Waals surface area contributed by atoms with Gasteiger partial charge < -0.3 is 9.73 Å². The molecule has 0 spiro atoms. The quantitative estimate of drug-likeness (QED) is 0.901. The third-order valence-corrected chi connectivity index (χ3v) is 3.11. The maximum atomic E-state index is 5.23. The lowest BCUT2D eigenvalue weighted by atomic mass is 10.3. The summed E-state index contributed by atoms with van der Waals surface area (Å²) < 4.78 is 7.32. The molecule has 2 aromatic rings. The number of benzene rings is 1. The van der Waals surface area contributed by atoms with Gasteiger partial charge in [-0.2, -0.15) is 0 Å². The van der Waals surface area contributed by atoms with Crippen molar-refractivity contribution in [1.82, 2.24) is 0 Å². The van der Waals surface area contributed by atoms with Gasteiger partial charge >= 0.3 is 0 Å². The van der Waals surface area contributed by atoms with E-state index >= 15 is 0 Å². The molecule has 15 heavy (non-hydrogen) atoms. The van der Waals surface area contributed by atoms with Crippen LogP contribution in [0.25, 0.3) is 0 Å². The van der Waals surface area contributed by atoms with Gasteiger partial charge in [0.05, 0.1) is 12.8 Å². The van der Waals surface area contributed by atoms with Gasteiger partial charge in [-0.15, -0.1) is 0 Å². The van der Waals surface area contributed by atoms with Gasteiger partial charge in [-0.3, -0.25) is 0 Å². The topological polar surface area (TPSA) is 25.2 Å². The van der Waals surface area contributed by atoms with Gasteiger partial charge in [0, 0.05) is 14.6 Å². The molecule has 78 valence electrons. The summed E-state index contributed by atoms with van der Waals surface area (Å²) in [5, 5.41) is 3.28. The molecule has 0 saturated carbocycles. The van der Waals surface area contributed by atoms with Gasteiger partial charge in [-0.25, -0.2) is 0 Å². The number of hydrogen-bond acceptors (Lipinski definition) is 2. The maximum absolute atomic E-state index is 5.23. The van der Waals surface area contributed by atoms with Crippen molar-refractivity contribution in [3.8, 4) is 0 Å². The Bertz CT molecular complexity index is 440. The first-order valence-corrected chi connectivity index (χ1v) is 6.05. The second-order valence-electron chi connectivity index (χ2n) is 3.06. The molecule has 0 amide bonds. The zero-order valence-corrected chi connectivity index (χ0v) is 11.0. The predicted octanol–water partition coefficient (Wildman–Crippen LogP) is 4.42. The number of hydrogen-bond donors (Lipinski definition) is 1. The van der Waals surface area contributed by atoms with Crippen LogP contribution in [0, 0.1) is 0 Å². The molecule has 2 rings (SSSR count). The summed E-state index contributed by atoms with van der Waals surface area (Å²) in [6.45, 7) is 0.688. The molecule has 0 saturated heterocycles. The smallest absolute Gasteiger partial charge is 0.122 e. The Morgan fingerprint density at radius 2 is 2.07 bits per heavy atom. The highest BCUT2D eigenvalue weighted by atomic mass is 79.9. The van der Waals surface area contributed by atoms with Crippen molar-refractivity contribution in [3.05, 3.63) is 51.3 Å². The van der Waals surface area contributed by atoms with Crippen LogP contribution in [0.5, 0.6) is 0 Å². The Morgan fingerprint density at radius 3 is 2.73 bits per heavy atom. The summed E-state index contributed by atoms with van der Waals surface area (Å²) in [6, 6.07) is 9.84. The van der Waals surface area contributed by atoms with E-state index in [0.717, 1.165) is 20.4 Å². The molecule has 0 atom stereocenters. The van der Waals surface area contributed by atoms with Gasteiger partial charge in [0.15, 0.2) is 0 Å². The standard InChI is InChI=1S/C11H9Br2NO/c12-8-3-4-11(10(13)6-8)14-7-9-2-1-5-15-9/h1-6,14H,7H2. The number of anilines is 1. The molecule has 0 aliphatic heterocycles. The van der Waals surface area contributed by atoms with Gasteiger partial charge in [0.2, 0.25) is 0 Å². The summed E-state index contributed by atoms with van der Waals surface area (Å²) in [4.78, 5) is 0. The molecular weight excluding hydrogens is 322 g/mol. The Hall–Kier alpha value is -0.740. The molecule has 1 N–H and O–H groups in total. The van der Waals surface area contributed by atoms with Crippen LogP contribution in [0.2, 0.25) is 0 Å². The molecule has 1 heterocycles. The highest BCUT2D eigenvalue weighted by molar-refractivity contribution is 9.11. The third-order valence-electron chi connectivity index (χ3n) is 1.96. The number of nitrogens with one attached hydrogen (secondary N) is 1. The number of halogens is 2. The maximum Gasteiger partial charge on any atom is 0.122 e. The second kappa shape index (κ2) is 4.86. The minimum Gasteiger partial charge on any atom is -0.467 e. The molecule has 0 bridgehead atoms. The SMILES string of the molecule is Brc1ccc(NCc2ccco2)c(Br)c1. The molecule has 1 aromatic heterocycles. The van der Waals surface area contributed by atoms with Crippen LogP contribution in [0.3, 0.4) is 0 Å². The Morgan fingerprint density at radius 1 is 1.20 bits per heavy atom. The number of rotatable bonds is 3. The Balaban J connectivity index is 2.05. The van der Waals surface area contributed by atoms with Crippen molar-refractivity contribution in [3.63, 3.8) is 0 Å². The van der Waals surface area contributed by atoms with E-state index < -0.39 is 0 Å². The van der Waals surface area contributed by atoms with Crippen molar-refractivity contribution in [2.24, 2.45) is 0 Å². The molecular formula is C11H9Br2NO. The summed E-state index contributed by atoms with van der Waals surface area (Å²) in [5.74, 6) is 0.921. The van der Waals surface area contributed by atoms with E-state index in [1.54, 1.807) is 6.26 Å². The Kier molecular flexibility index (Phi) is 3.49. The Labute approximate surface area is 105 Å². The summed E-state index contributed by atoms with van der Waals surface area (Å²) in [5.41, 5.74) is 1.05. The van der Waals surface area contributed by atoms with Crippen molar-refractivity contribution >= 4 is 37.5 Å². The fourth-order valence-electron chi connectivity index (χ4n) is 1.23. The van der Waals surface area contributed by atoms with Crippen LogP contribution in [-0.2, 0) is 6.54 Å². The van der Waals surface area contributed by atoms with Crippen molar-refractivity contribution in [2.45, 2.75) is 6.54 Å². The fourth-order valence-corrected chi connectivity index (χ4v) is 2.42. The molecule has 1 aromatic carbocycles. The third kappa shape index (κ3) is 2.86. The average Bonchev–Trinajstić information content (AvgIpc) is 2.69. The molecule has 0 fully saturated rings. The zero-order chi connectivity index (χ0) is 10.7. The van der Waals surface area contributed by atoms with Crippen LogP contribution in [-0.4, -0.2) is 0 Å². The van der Waals surface area contributed by atoms with Crippen LogP contribution < -0.4 is 5.32 Å². The summed E-state index contributed by atoms with van der Waals surface area (Å²) in [7, 11) is 0. The first-order chi connectivity index (χ1) is 7.25. The predicted molar refractivity (Wildman–Crippen MR) is 67.9 cm³/mol. The average molecular weight is 331 g/mol. The summed E-state index contributed by atoms with van der Waals surface area (Å²) in [6.07, 6.45) is 1.67. The normalized spacial score (nSPS) is 10.3. The molecule has 0 radical (unpaired) electrons. The molecule has 0 aliphatic rings. The van der Waals surface area contributed by atoms with E-state index in [1.807, 2.05) is 30.3 Å². The zero-order valence-electron chi connectivity index (χ0n) is 7.84. The van der Waals surface area contributed by atoms with E-state index in [1.165, 1.54) is 0 Å². The van der Waals surface area contributed by atoms with Crippen LogP contribution in [0.15, 0.2) is 50.0 Å². The van der Waals surface area contributed by atoms with E-state index in [9.17, 15) is 0 Å². The van der Waals surface area contributed by atoms with Gasteiger partial charge in [0.1, 0.15) is 5.76 Å². The van der Waals surface area contributed by atoms with Gasteiger partial charge in [0.25, 0.3) is 0 Å². The number of furan rings is 1. The molecule has 0 unspecified atom stereocenters. The minimum absolute atomic E-state index is 0.688. The largest absolute Gasteiger partial charge is 0.467 e. The van der Waals surface area contributed by atoms with Crippen molar-refractivity contribution < 1.29 is 4.42 Å². The first kappa shape index (κ1) is 10.8. The van der Waals surface area contributed by atoms with Crippen molar-refractivity contribution in [1.29, 1.82) is 0 Å². The van der Waals surface area contributed by atoms with Crippen LogP contribution in [0.1, 0.15) is 5.76 Å². The lowest BCUT2D eigenvalue weighted by Gasteiger charge is -2.06. The molecule has 0 aliphatic carbocycles. The van der Waals surface area contributed by atoms with E-state index in [0.29, 0.717) is 6.54 Å². The van der Waals surface area contributed by atoms with Crippen LogP contribution >= 0.6 is 31.9 Å². The lowest BCUT2D eigenvalue weighted by molar-refractivity contribution is 0.518. The van der Waals surface area contributed by atoms with Crippen LogP contribution in [0.4, 0.5) is 5.69 Å². The van der Waals surface area contributed by atoms with E-state index in [4.69, 9.17) is 4.42 Å². The highest BCUT2D eigenvalue weighted by Crippen LogP contribution is 2.26. The highest BCUT2D eigenvalue weighted by Gasteiger charge is 2.01. The minimum atomic E-state index is 0.688. The van der Waals surface area contributed by atoms with E-state index in [2.05, 4.69) is 37.2 Å². The molecule has 2 nitrogen and oxygen atoms in total. The second-order valence-corrected chi connectivity index (χ2v) is 4.83. The van der Waals surface area contributed by atoms with E-state index in [-0.39, 0.29) is 0 Å². The fraction of sp³-hybridized carbons (Fsp3) is 0.0909. The van der Waals surface area contributed by atoms with Gasteiger partial charge in [-0.1, -0.05) is 15.9 Å². The molecule has 4 heteroatoms. The van der Waals surface area contributed by atoms with Crippen molar-refractivity contribution in [2.75, 3.05) is 5.32 Å². The first-order valence-electron chi connectivity index (χ1n) is 4.47.